The predicted molar refractivity (Wildman–Crippen MR) is 99.6 cm³/mol. The number of hydrogen-bond acceptors (Lipinski definition) is 5. The molecule has 0 aromatic carbocycles. The Labute approximate surface area is 158 Å². The molecule has 3 heterocycles. The minimum atomic E-state index is -0.402. The van der Waals surface area contributed by atoms with Crippen LogP contribution in [0.1, 0.15) is 26.8 Å². The molecule has 7 nitrogen and oxygen atoms in total. The number of amides is 1. The van der Waals surface area contributed by atoms with Crippen LogP contribution in [-0.4, -0.2) is 35.5 Å². The molecular formula is C15H16Cl2N6OS. The van der Waals surface area contributed by atoms with Gasteiger partial charge in [0.05, 0.1) is 21.5 Å². The van der Waals surface area contributed by atoms with E-state index in [2.05, 4.69) is 20.6 Å². The number of fused-ring (bicyclic) bond motifs is 1. The Bertz CT molecular complexity index is 922. The first-order chi connectivity index (χ1) is 11.9. The second kappa shape index (κ2) is 7.23. The van der Waals surface area contributed by atoms with E-state index < -0.39 is 5.25 Å². The first-order valence-corrected chi connectivity index (χ1v) is 9.21. The highest BCUT2D eigenvalue weighted by Gasteiger charge is 2.20. The lowest BCUT2D eigenvalue weighted by molar-refractivity contribution is -0.115. The Hall–Kier alpha value is -1.77. The van der Waals surface area contributed by atoms with Crippen molar-refractivity contribution in [3.8, 4) is 0 Å². The molecule has 25 heavy (non-hydrogen) atoms. The highest BCUT2D eigenvalue weighted by Crippen LogP contribution is 2.28. The van der Waals surface area contributed by atoms with E-state index in [1.54, 1.807) is 40.5 Å². The molecule has 0 spiro atoms. The van der Waals surface area contributed by atoms with Crippen molar-refractivity contribution in [1.82, 2.24) is 24.4 Å². The number of anilines is 1. The van der Waals surface area contributed by atoms with Gasteiger partial charge in [-0.2, -0.15) is 5.10 Å². The number of aromatic nitrogens is 5. The molecule has 1 amide bonds. The van der Waals surface area contributed by atoms with Gasteiger partial charge in [0.2, 0.25) is 5.91 Å². The second-order valence-corrected chi connectivity index (χ2v) is 7.84. The highest BCUT2D eigenvalue weighted by atomic mass is 35.5. The van der Waals surface area contributed by atoms with Crippen LogP contribution in [0, 0.1) is 0 Å². The average Bonchev–Trinajstić information content (AvgIpc) is 3.15. The third-order valence-electron chi connectivity index (χ3n) is 3.46. The Morgan fingerprint density at radius 2 is 2.04 bits per heavy atom. The Morgan fingerprint density at radius 3 is 2.76 bits per heavy atom. The molecule has 0 saturated heterocycles. The van der Waals surface area contributed by atoms with E-state index in [9.17, 15) is 4.79 Å². The maximum atomic E-state index is 12.5. The number of nitrogens with zero attached hydrogens (tertiary/aromatic N) is 5. The van der Waals surface area contributed by atoms with Gasteiger partial charge in [-0.05, 0) is 26.8 Å². The van der Waals surface area contributed by atoms with Crippen LogP contribution < -0.4 is 5.32 Å². The van der Waals surface area contributed by atoms with Gasteiger partial charge in [0.15, 0.2) is 10.8 Å². The summed E-state index contributed by atoms with van der Waals surface area (Å²) < 4.78 is 3.43. The molecule has 0 unspecified atom stereocenters. The Kier molecular flexibility index (Phi) is 5.21. The molecule has 1 atom stereocenters. The fourth-order valence-corrected chi connectivity index (χ4v) is 3.58. The number of nitrogens with one attached hydrogen (secondary N) is 1. The number of pyridine rings is 1. The molecule has 3 aromatic rings. The zero-order valence-electron chi connectivity index (χ0n) is 13.8. The third kappa shape index (κ3) is 3.75. The largest absolute Gasteiger partial charge is 0.310 e. The van der Waals surface area contributed by atoms with E-state index in [1.165, 1.54) is 11.8 Å². The van der Waals surface area contributed by atoms with Gasteiger partial charge in [-0.1, -0.05) is 35.0 Å². The maximum Gasteiger partial charge on any atom is 0.238 e. The van der Waals surface area contributed by atoms with Crippen LogP contribution in [0.15, 0.2) is 29.7 Å². The third-order valence-corrected chi connectivity index (χ3v) is 5.00. The lowest BCUT2D eigenvalue weighted by Gasteiger charge is -2.14. The van der Waals surface area contributed by atoms with Gasteiger partial charge in [-0.25, -0.2) is 4.68 Å². The van der Waals surface area contributed by atoms with Crippen molar-refractivity contribution in [1.29, 1.82) is 0 Å². The summed E-state index contributed by atoms with van der Waals surface area (Å²) in [6.45, 7) is 5.79. The average molecular weight is 399 g/mol. The summed E-state index contributed by atoms with van der Waals surface area (Å²) in [4.78, 5) is 12.5. The van der Waals surface area contributed by atoms with Gasteiger partial charge in [0.1, 0.15) is 5.82 Å². The molecule has 0 fully saturated rings. The van der Waals surface area contributed by atoms with Crippen molar-refractivity contribution in [2.45, 2.75) is 37.2 Å². The van der Waals surface area contributed by atoms with E-state index in [0.29, 0.717) is 26.7 Å². The molecule has 0 aliphatic rings. The SMILES string of the molecule is CC(C)n1nccc1NC(=O)[C@@H](C)Sc1nnc2c(Cl)cc(Cl)cn12. The minimum Gasteiger partial charge on any atom is -0.310 e. The smallest absolute Gasteiger partial charge is 0.238 e. The molecular weight excluding hydrogens is 383 g/mol. The van der Waals surface area contributed by atoms with Crippen LogP contribution >= 0.6 is 35.0 Å². The maximum absolute atomic E-state index is 12.5. The summed E-state index contributed by atoms with van der Waals surface area (Å²) in [6, 6.07) is 3.52. The van der Waals surface area contributed by atoms with Crippen molar-refractivity contribution in [3.05, 3.63) is 34.6 Å². The fourth-order valence-electron chi connectivity index (χ4n) is 2.25. The zero-order chi connectivity index (χ0) is 18.1. The molecule has 3 rings (SSSR count). The Balaban J connectivity index is 1.77. The number of carbonyl (C=O) groups excluding carboxylic acids is 1. The Morgan fingerprint density at radius 1 is 1.28 bits per heavy atom. The van der Waals surface area contributed by atoms with Crippen LogP contribution in [0.25, 0.3) is 5.65 Å². The molecule has 0 bridgehead atoms. The summed E-state index contributed by atoms with van der Waals surface area (Å²) in [5.74, 6) is 0.502. The first-order valence-electron chi connectivity index (χ1n) is 7.57. The van der Waals surface area contributed by atoms with E-state index in [-0.39, 0.29) is 11.9 Å². The predicted octanol–water partition coefficient (Wildman–Crippen LogP) is 3.93. The molecule has 1 N–H and O–H groups in total. The second-order valence-electron chi connectivity index (χ2n) is 5.69. The van der Waals surface area contributed by atoms with Gasteiger partial charge in [-0.15, -0.1) is 10.2 Å². The van der Waals surface area contributed by atoms with Gasteiger partial charge in [0.25, 0.3) is 0 Å². The molecule has 3 aromatic heterocycles. The van der Waals surface area contributed by atoms with Crippen LogP contribution in [0.4, 0.5) is 5.82 Å². The standard InChI is InChI=1S/C15H16Cl2N6OS/c1-8(2)23-12(4-5-18-23)19-14(24)9(3)25-15-21-20-13-11(17)6-10(16)7-22(13)15/h4-9H,1-3H3,(H,19,24)/t9-/m1/s1. The fraction of sp³-hybridized carbons (Fsp3) is 0.333. The van der Waals surface area contributed by atoms with Gasteiger partial charge < -0.3 is 5.32 Å². The molecule has 132 valence electrons. The van der Waals surface area contributed by atoms with Crippen LogP contribution in [-0.2, 0) is 4.79 Å². The summed E-state index contributed by atoms with van der Waals surface area (Å²) in [6.07, 6.45) is 3.33. The van der Waals surface area contributed by atoms with Crippen molar-refractivity contribution >= 4 is 52.3 Å². The number of halogens is 2. The first kappa shape index (κ1) is 18.0. The van der Waals surface area contributed by atoms with Gasteiger partial charge in [-0.3, -0.25) is 9.20 Å². The van der Waals surface area contributed by atoms with Crippen LogP contribution in [0.5, 0.6) is 0 Å². The normalized spacial score (nSPS) is 12.7. The number of hydrogen-bond donors (Lipinski definition) is 1. The topological polar surface area (TPSA) is 77.1 Å². The van der Waals surface area contributed by atoms with Crippen molar-refractivity contribution in [2.75, 3.05) is 5.32 Å². The van der Waals surface area contributed by atoms with Crippen LogP contribution in [0.3, 0.4) is 0 Å². The van der Waals surface area contributed by atoms with Crippen molar-refractivity contribution < 1.29 is 4.79 Å². The quantitative estimate of drug-likeness (QED) is 0.658. The molecule has 0 radical (unpaired) electrons. The van der Waals surface area contributed by atoms with E-state index >= 15 is 0 Å². The highest BCUT2D eigenvalue weighted by molar-refractivity contribution is 8.00. The van der Waals surface area contributed by atoms with Gasteiger partial charge >= 0.3 is 0 Å². The number of thioether (sulfide) groups is 1. The minimum absolute atomic E-state index is 0.151. The number of carbonyl (C=O) groups is 1. The summed E-state index contributed by atoms with van der Waals surface area (Å²) in [7, 11) is 0. The molecule has 10 heteroatoms. The van der Waals surface area contributed by atoms with Crippen molar-refractivity contribution in [2.24, 2.45) is 0 Å². The van der Waals surface area contributed by atoms with Gasteiger partial charge in [0, 0.05) is 18.3 Å². The van der Waals surface area contributed by atoms with E-state index in [0.717, 1.165) is 0 Å². The van der Waals surface area contributed by atoms with Crippen LogP contribution in [0.2, 0.25) is 10.0 Å². The lowest BCUT2D eigenvalue weighted by atomic mass is 10.4. The monoisotopic (exact) mass is 398 g/mol. The van der Waals surface area contributed by atoms with E-state index in [4.69, 9.17) is 23.2 Å². The summed E-state index contributed by atoms with van der Waals surface area (Å²) in [5.41, 5.74) is 0.499. The lowest BCUT2D eigenvalue weighted by Crippen LogP contribution is -2.24. The van der Waals surface area contributed by atoms with Crippen molar-refractivity contribution in [3.63, 3.8) is 0 Å². The summed E-state index contributed by atoms with van der Waals surface area (Å²) >= 11 is 13.4. The van der Waals surface area contributed by atoms with E-state index in [1.807, 2.05) is 13.8 Å². The molecule has 0 saturated carbocycles. The summed E-state index contributed by atoms with van der Waals surface area (Å²) in [5, 5.41) is 16.2. The molecule has 0 aliphatic heterocycles. The molecule has 0 aliphatic carbocycles. The zero-order valence-corrected chi connectivity index (χ0v) is 16.1. The number of rotatable bonds is 5.